The van der Waals surface area contributed by atoms with E-state index in [4.69, 9.17) is 0 Å². The van der Waals surface area contributed by atoms with Gasteiger partial charge in [0, 0.05) is 17.5 Å². The van der Waals surface area contributed by atoms with Crippen molar-refractivity contribution >= 4 is 17.2 Å². The zero-order valence-electron chi connectivity index (χ0n) is 9.40. The molecule has 0 radical (unpaired) electrons. The Labute approximate surface area is 99.5 Å². The lowest BCUT2D eigenvalue weighted by Crippen LogP contribution is -2.36. The Kier molecular flexibility index (Phi) is 3.49. The Morgan fingerprint density at radius 2 is 2.12 bits per heavy atom. The fourth-order valence-corrected chi connectivity index (χ4v) is 2.78. The minimum absolute atomic E-state index is 0.0511. The topological polar surface area (TPSA) is 49.3 Å². The van der Waals surface area contributed by atoms with Crippen LogP contribution in [0.4, 0.5) is 0 Å². The molecular weight excluding hydrogens is 222 g/mol. The van der Waals surface area contributed by atoms with Gasteiger partial charge in [-0.15, -0.1) is 11.3 Å². The second-order valence-corrected chi connectivity index (χ2v) is 5.51. The van der Waals surface area contributed by atoms with Crippen LogP contribution in [0.5, 0.6) is 5.75 Å². The van der Waals surface area contributed by atoms with Crippen LogP contribution >= 0.6 is 11.3 Å². The summed E-state index contributed by atoms with van der Waals surface area (Å²) >= 11 is 1.28. The lowest BCUT2D eigenvalue weighted by Gasteiger charge is -2.26. The van der Waals surface area contributed by atoms with Crippen LogP contribution in [0.2, 0.25) is 0 Å². The molecule has 16 heavy (non-hydrogen) atoms. The normalized spacial score (nSPS) is 25.3. The Morgan fingerprint density at radius 3 is 2.69 bits per heavy atom. The van der Waals surface area contributed by atoms with E-state index >= 15 is 0 Å². The highest BCUT2D eigenvalue weighted by atomic mass is 32.1. The Hall–Kier alpha value is -1.03. The van der Waals surface area contributed by atoms with Crippen molar-refractivity contribution in [1.29, 1.82) is 0 Å². The number of hydrogen-bond acceptors (Lipinski definition) is 3. The molecule has 0 aliphatic heterocycles. The van der Waals surface area contributed by atoms with Crippen molar-refractivity contribution in [2.24, 2.45) is 5.92 Å². The predicted molar refractivity (Wildman–Crippen MR) is 64.9 cm³/mol. The van der Waals surface area contributed by atoms with Crippen LogP contribution in [0.15, 0.2) is 11.4 Å². The van der Waals surface area contributed by atoms with Crippen LogP contribution < -0.4 is 5.32 Å². The fourth-order valence-electron chi connectivity index (χ4n) is 2.11. The predicted octanol–water partition coefficient (Wildman–Crippen LogP) is 2.76. The molecule has 1 aliphatic carbocycles. The summed E-state index contributed by atoms with van der Waals surface area (Å²) in [4.78, 5) is 12.4. The first kappa shape index (κ1) is 11.5. The van der Waals surface area contributed by atoms with E-state index in [2.05, 4.69) is 12.2 Å². The number of nitrogens with one attached hydrogen (secondary N) is 1. The molecule has 3 nitrogen and oxygen atoms in total. The smallest absolute Gasteiger partial charge is 0.261 e. The lowest BCUT2D eigenvalue weighted by molar-refractivity contribution is 0.0927. The first-order valence-corrected chi connectivity index (χ1v) is 6.61. The SMILES string of the molecule is CC1CCC(NC(=O)c2cc(O)cs2)CC1. The molecule has 0 saturated heterocycles. The van der Waals surface area contributed by atoms with E-state index < -0.39 is 0 Å². The maximum atomic E-state index is 11.8. The maximum absolute atomic E-state index is 11.8. The van der Waals surface area contributed by atoms with Crippen molar-refractivity contribution in [3.63, 3.8) is 0 Å². The van der Waals surface area contributed by atoms with E-state index in [0.717, 1.165) is 18.8 Å². The summed E-state index contributed by atoms with van der Waals surface area (Å²) in [5, 5.41) is 13.8. The monoisotopic (exact) mass is 239 g/mol. The van der Waals surface area contributed by atoms with E-state index in [0.29, 0.717) is 10.9 Å². The Balaban J connectivity index is 1.88. The number of hydrogen-bond donors (Lipinski definition) is 2. The van der Waals surface area contributed by atoms with Gasteiger partial charge in [0.2, 0.25) is 0 Å². The molecule has 1 aromatic heterocycles. The van der Waals surface area contributed by atoms with Crippen LogP contribution in [0.25, 0.3) is 0 Å². The molecule has 0 aromatic carbocycles. The van der Waals surface area contributed by atoms with Gasteiger partial charge in [0.1, 0.15) is 5.75 Å². The summed E-state index contributed by atoms with van der Waals surface area (Å²) in [5.41, 5.74) is 0. The third-order valence-electron chi connectivity index (χ3n) is 3.16. The number of carbonyl (C=O) groups is 1. The van der Waals surface area contributed by atoms with E-state index in [-0.39, 0.29) is 11.7 Å². The quantitative estimate of drug-likeness (QED) is 0.833. The number of aromatic hydroxyl groups is 1. The van der Waals surface area contributed by atoms with Gasteiger partial charge in [0.15, 0.2) is 0 Å². The number of thiophene rings is 1. The molecule has 0 unspecified atom stereocenters. The average Bonchev–Trinajstić information content (AvgIpc) is 2.68. The summed E-state index contributed by atoms with van der Waals surface area (Å²) in [6.45, 7) is 2.26. The third kappa shape index (κ3) is 2.76. The third-order valence-corrected chi connectivity index (χ3v) is 4.08. The minimum Gasteiger partial charge on any atom is -0.507 e. The molecule has 1 amide bonds. The van der Waals surface area contributed by atoms with Gasteiger partial charge in [0.25, 0.3) is 5.91 Å². The standard InChI is InChI=1S/C12H17NO2S/c1-8-2-4-9(5-3-8)13-12(15)11-6-10(14)7-16-11/h6-9,14H,2-5H2,1H3,(H,13,15). The Morgan fingerprint density at radius 1 is 1.44 bits per heavy atom. The summed E-state index contributed by atoms with van der Waals surface area (Å²) in [7, 11) is 0. The summed E-state index contributed by atoms with van der Waals surface area (Å²) in [6.07, 6.45) is 4.54. The van der Waals surface area contributed by atoms with Gasteiger partial charge in [-0.1, -0.05) is 6.92 Å². The number of amides is 1. The van der Waals surface area contributed by atoms with E-state index in [1.165, 1.54) is 30.2 Å². The van der Waals surface area contributed by atoms with Crippen LogP contribution in [-0.2, 0) is 0 Å². The highest BCUT2D eigenvalue weighted by molar-refractivity contribution is 7.12. The van der Waals surface area contributed by atoms with Crippen LogP contribution in [0.3, 0.4) is 0 Å². The van der Waals surface area contributed by atoms with E-state index in [1.54, 1.807) is 5.38 Å². The second-order valence-electron chi connectivity index (χ2n) is 4.60. The van der Waals surface area contributed by atoms with Crippen molar-refractivity contribution in [2.45, 2.75) is 38.6 Å². The zero-order chi connectivity index (χ0) is 11.5. The first-order valence-electron chi connectivity index (χ1n) is 5.73. The zero-order valence-corrected chi connectivity index (χ0v) is 10.2. The number of rotatable bonds is 2. The molecule has 1 saturated carbocycles. The van der Waals surface area contributed by atoms with Crippen LogP contribution in [-0.4, -0.2) is 17.1 Å². The summed E-state index contributed by atoms with van der Waals surface area (Å²) in [5.74, 6) is 0.913. The molecule has 4 heteroatoms. The van der Waals surface area contributed by atoms with Gasteiger partial charge < -0.3 is 10.4 Å². The molecule has 2 N–H and O–H groups in total. The van der Waals surface area contributed by atoms with Crippen molar-refractivity contribution in [2.75, 3.05) is 0 Å². The highest BCUT2D eigenvalue weighted by Gasteiger charge is 2.20. The fraction of sp³-hybridized carbons (Fsp3) is 0.583. The first-order chi connectivity index (χ1) is 7.65. The van der Waals surface area contributed by atoms with Crippen molar-refractivity contribution in [3.8, 4) is 5.75 Å². The van der Waals surface area contributed by atoms with Crippen molar-refractivity contribution in [3.05, 3.63) is 16.3 Å². The number of carbonyl (C=O) groups excluding carboxylic acids is 1. The van der Waals surface area contributed by atoms with Gasteiger partial charge in [-0.3, -0.25) is 4.79 Å². The van der Waals surface area contributed by atoms with Gasteiger partial charge >= 0.3 is 0 Å². The molecule has 0 bridgehead atoms. The largest absolute Gasteiger partial charge is 0.507 e. The summed E-state index contributed by atoms with van der Waals surface area (Å²) < 4.78 is 0. The van der Waals surface area contributed by atoms with Gasteiger partial charge in [-0.05, 0) is 31.6 Å². The molecule has 1 fully saturated rings. The van der Waals surface area contributed by atoms with E-state index in [9.17, 15) is 9.90 Å². The van der Waals surface area contributed by atoms with Gasteiger partial charge in [0.05, 0.1) is 4.88 Å². The Bertz CT molecular complexity index is 367. The highest BCUT2D eigenvalue weighted by Crippen LogP contribution is 2.25. The van der Waals surface area contributed by atoms with Gasteiger partial charge in [-0.2, -0.15) is 0 Å². The van der Waals surface area contributed by atoms with Crippen molar-refractivity contribution in [1.82, 2.24) is 5.32 Å². The summed E-state index contributed by atoms with van der Waals surface area (Å²) in [6, 6.07) is 1.83. The maximum Gasteiger partial charge on any atom is 0.261 e. The molecule has 0 spiro atoms. The van der Waals surface area contributed by atoms with E-state index in [1.807, 2.05) is 0 Å². The molecule has 0 atom stereocenters. The van der Waals surface area contributed by atoms with Crippen LogP contribution in [0.1, 0.15) is 42.3 Å². The average molecular weight is 239 g/mol. The lowest BCUT2D eigenvalue weighted by atomic mass is 9.87. The molecular formula is C12H17NO2S. The molecule has 88 valence electrons. The second kappa shape index (κ2) is 4.87. The molecule has 1 aromatic rings. The van der Waals surface area contributed by atoms with Crippen molar-refractivity contribution < 1.29 is 9.90 Å². The molecule has 1 aliphatic rings. The molecule has 2 rings (SSSR count). The van der Waals surface area contributed by atoms with Gasteiger partial charge in [-0.25, -0.2) is 0 Å². The van der Waals surface area contributed by atoms with Crippen LogP contribution in [0, 0.1) is 5.92 Å². The minimum atomic E-state index is -0.0511. The molecule has 1 heterocycles.